The summed E-state index contributed by atoms with van der Waals surface area (Å²) in [5.41, 5.74) is 1.88. The summed E-state index contributed by atoms with van der Waals surface area (Å²) in [5.74, 6) is -0.0144. The van der Waals surface area contributed by atoms with Crippen molar-refractivity contribution < 1.29 is 19.1 Å². The highest BCUT2D eigenvalue weighted by Gasteiger charge is 2.10. The Morgan fingerprint density at radius 3 is 2.54 bits per heavy atom. The van der Waals surface area contributed by atoms with Crippen LogP contribution in [-0.2, 0) is 9.53 Å². The van der Waals surface area contributed by atoms with Gasteiger partial charge >= 0.3 is 5.97 Å². The topological polar surface area (TPSA) is 64.6 Å². The fraction of sp³-hybridized carbons (Fsp3) is 0.263. The van der Waals surface area contributed by atoms with Crippen LogP contribution in [0.4, 0.5) is 5.69 Å². The molecule has 0 saturated heterocycles. The number of hydrogen-bond acceptors (Lipinski definition) is 4. The normalized spacial score (nSPS) is 10.3. The van der Waals surface area contributed by atoms with E-state index < -0.39 is 5.97 Å². The number of methoxy groups -OCH3 is 1. The van der Waals surface area contributed by atoms with Gasteiger partial charge in [0.05, 0.1) is 24.3 Å². The van der Waals surface area contributed by atoms with Gasteiger partial charge in [0.15, 0.2) is 0 Å². The minimum atomic E-state index is -0.413. The molecule has 0 unspecified atom stereocenters. The standard InChI is InChI=1S/C19H19Cl2NO4/c1-12-10-13(19(24)25-2)5-7-16(12)22-18(23)4-3-9-26-17-8-6-14(20)11-15(17)21/h5-8,10-11H,3-4,9H2,1-2H3,(H,22,23). The molecule has 0 spiro atoms. The molecule has 0 aliphatic heterocycles. The Morgan fingerprint density at radius 1 is 1.12 bits per heavy atom. The molecule has 0 bridgehead atoms. The van der Waals surface area contributed by atoms with Gasteiger partial charge in [-0.05, 0) is 55.3 Å². The number of rotatable bonds is 7. The van der Waals surface area contributed by atoms with Crippen molar-refractivity contribution in [3.63, 3.8) is 0 Å². The summed E-state index contributed by atoms with van der Waals surface area (Å²) in [6.45, 7) is 2.17. The van der Waals surface area contributed by atoms with Gasteiger partial charge in [-0.1, -0.05) is 23.2 Å². The number of hydrogen-bond donors (Lipinski definition) is 1. The monoisotopic (exact) mass is 395 g/mol. The van der Waals surface area contributed by atoms with Crippen molar-refractivity contribution in [1.29, 1.82) is 0 Å². The Labute approximate surface area is 162 Å². The lowest BCUT2D eigenvalue weighted by molar-refractivity contribution is -0.116. The predicted octanol–water partition coefficient (Wildman–Crippen LogP) is 4.89. The van der Waals surface area contributed by atoms with Crippen LogP contribution in [0.5, 0.6) is 5.75 Å². The number of carbonyl (C=O) groups excluding carboxylic acids is 2. The number of halogens is 2. The first-order valence-corrected chi connectivity index (χ1v) is 8.73. The van der Waals surface area contributed by atoms with Gasteiger partial charge in [0.2, 0.25) is 5.91 Å². The molecule has 0 atom stereocenters. The molecule has 0 heterocycles. The summed E-state index contributed by atoms with van der Waals surface area (Å²) < 4.78 is 10.2. The number of benzene rings is 2. The summed E-state index contributed by atoms with van der Waals surface area (Å²) in [5, 5.41) is 3.79. The molecule has 0 fully saturated rings. The molecule has 0 saturated carbocycles. The molecule has 7 heteroatoms. The van der Waals surface area contributed by atoms with Crippen molar-refractivity contribution in [3.05, 3.63) is 57.6 Å². The molecule has 0 aliphatic carbocycles. The SMILES string of the molecule is COC(=O)c1ccc(NC(=O)CCCOc2ccc(Cl)cc2Cl)c(C)c1. The summed E-state index contributed by atoms with van der Waals surface area (Å²) >= 11 is 11.8. The number of nitrogens with one attached hydrogen (secondary N) is 1. The number of esters is 1. The Balaban J connectivity index is 1.81. The van der Waals surface area contributed by atoms with E-state index in [1.54, 1.807) is 36.4 Å². The number of anilines is 1. The molecule has 0 aliphatic rings. The average molecular weight is 396 g/mol. The van der Waals surface area contributed by atoms with Gasteiger partial charge in [-0.2, -0.15) is 0 Å². The fourth-order valence-corrected chi connectivity index (χ4v) is 2.73. The summed E-state index contributed by atoms with van der Waals surface area (Å²) in [7, 11) is 1.33. The number of aryl methyl sites for hydroxylation is 1. The van der Waals surface area contributed by atoms with E-state index in [1.165, 1.54) is 7.11 Å². The van der Waals surface area contributed by atoms with Gasteiger partial charge in [-0.25, -0.2) is 4.79 Å². The van der Waals surface area contributed by atoms with Crippen molar-refractivity contribution >= 4 is 40.8 Å². The maximum absolute atomic E-state index is 12.1. The van der Waals surface area contributed by atoms with E-state index >= 15 is 0 Å². The minimum absolute atomic E-state index is 0.135. The van der Waals surface area contributed by atoms with Gasteiger partial charge in [0.1, 0.15) is 5.75 Å². The van der Waals surface area contributed by atoms with Crippen molar-refractivity contribution in [2.75, 3.05) is 19.0 Å². The Bertz CT molecular complexity index is 808. The van der Waals surface area contributed by atoms with E-state index in [1.807, 2.05) is 6.92 Å². The van der Waals surface area contributed by atoms with E-state index in [0.29, 0.717) is 46.5 Å². The Hall–Kier alpha value is -2.24. The first-order chi connectivity index (χ1) is 12.4. The lowest BCUT2D eigenvalue weighted by atomic mass is 10.1. The summed E-state index contributed by atoms with van der Waals surface area (Å²) in [6.07, 6.45) is 0.827. The van der Waals surface area contributed by atoms with E-state index in [0.717, 1.165) is 5.56 Å². The lowest BCUT2D eigenvalue weighted by Crippen LogP contribution is -2.14. The molecule has 1 N–H and O–H groups in total. The second-order valence-corrected chi connectivity index (χ2v) is 6.44. The van der Waals surface area contributed by atoms with Crippen LogP contribution in [-0.4, -0.2) is 25.6 Å². The van der Waals surface area contributed by atoms with Gasteiger partial charge in [-0.3, -0.25) is 4.79 Å². The molecular formula is C19H19Cl2NO4. The second-order valence-electron chi connectivity index (χ2n) is 5.60. The van der Waals surface area contributed by atoms with E-state index in [-0.39, 0.29) is 5.91 Å². The first-order valence-electron chi connectivity index (χ1n) is 7.97. The largest absolute Gasteiger partial charge is 0.492 e. The van der Waals surface area contributed by atoms with Gasteiger partial charge in [0, 0.05) is 17.1 Å². The maximum Gasteiger partial charge on any atom is 0.337 e. The van der Waals surface area contributed by atoms with Crippen molar-refractivity contribution in [3.8, 4) is 5.75 Å². The zero-order valence-electron chi connectivity index (χ0n) is 14.5. The van der Waals surface area contributed by atoms with E-state index in [4.69, 9.17) is 27.9 Å². The van der Waals surface area contributed by atoms with E-state index in [9.17, 15) is 9.59 Å². The number of amides is 1. The van der Waals surface area contributed by atoms with Crippen LogP contribution in [0.25, 0.3) is 0 Å². The van der Waals surface area contributed by atoms with Crippen LogP contribution in [0.15, 0.2) is 36.4 Å². The van der Waals surface area contributed by atoms with Gasteiger partial charge < -0.3 is 14.8 Å². The van der Waals surface area contributed by atoms with Crippen LogP contribution in [0.2, 0.25) is 10.0 Å². The average Bonchev–Trinajstić information content (AvgIpc) is 2.61. The highest BCUT2D eigenvalue weighted by atomic mass is 35.5. The second kappa shape index (κ2) is 9.46. The summed E-state index contributed by atoms with van der Waals surface area (Å²) in [6, 6.07) is 9.95. The zero-order valence-corrected chi connectivity index (χ0v) is 16.0. The third-order valence-electron chi connectivity index (χ3n) is 3.62. The lowest BCUT2D eigenvalue weighted by Gasteiger charge is -2.11. The van der Waals surface area contributed by atoms with Gasteiger partial charge in [0.25, 0.3) is 0 Å². The summed E-state index contributed by atoms with van der Waals surface area (Å²) in [4.78, 5) is 23.6. The Morgan fingerprint density at radius 2 is 1.88 bits per heavy atom. The molecule has 5 nitrogen and oxygen atoms in total. The Kier molecular flexibility index (Phi) is 7.30. The van der Waals surface area contributed by atoms with Crippen LogP contribution in [0.3, 0.4) is 0 Å². The molecule has 138 valence electrons. The maximum atomic E-state index is 12.1. The zero-order chi connectivity index (χ0) is 19.1. The third-order valence-corrected chi connectivity index (χ3v) is 4.15. The molecule has 2 aromatic rings. The number of ether oxygens (including phenoxy) is 2. The number of carbonyl (C=O) groups is 2. The predicted molar refractivity (Wildman–Crippen MR) is 102 cm³/mol. The molecular weight excluding hydrogens is 377 g/mol. The van der Waals surface area contributed by atoms with Crippen LogP contribution in [0.1, 0.15) is 28.8 Å². The van der Waals surface area contributed by atoms with Crippen LogP contribution < -0.4 is 10.1 Å². The van der Waals surface area contributed by atoms with Gasteiger partial charge in [-0.15, -0.1) is 0 Å². The van der Waals surface area contributed by atoms with E-state index in [2.05, 4.69) is 10.1 Å². The smallest absolute Gasteiger partial charge is 0.337 e. The molecule has 26 heavy (non-hydrogen) atoms. The molecule has 2 aromatic carbocycles. The van der Waals surface area contributed by atoms with Crippen LogP contribution >= 0.6 is 23.2 Å². The quantitative estimate of drug-likeness (QED) is 0.535. The molecule has 0 aromatic heterocycles. The fourth-order valence-electron chi connectivity index (χ4n) is 2.27. The van der Waals surface area contributed by atoms with Crippen molar-refractivity contribution in [2.45, 2.75) is 19.8 Å². The third kappa shape index (κ3) is 5.64. The highest BCUT2D eigenvalue weighted by molar-refractivity contribution is 6.35. The minimum Gasteiger partial charge on any atom is -0.492 e. The van der Waals surface area contributed by atoms with Crippen LogP contribution in [0, 0.1) is 6.92 Å². The molecule has 0 radical (unpaired) electrons. The molecule has 2 rings (SSSR count). The van der Waals surface area contributed by atoms with Crippen molar-refractivity contribution in [2.24, 2.45) is 0 Å². The van der Waals surface area contributed by atoms with Crippen molar-refractivity contribution in [1.82, 2.24) is 0 Å². The highest BCUT2D eigenvalue weighted by Crippen LogP contribution is 2.27. The molecule has 1 amide bonds. The first kappa shape index (κ1) is 20.1.